The number of benzene rings is 1. The normalized spacial score (nSPS) is 20.1. The molecule has 3 heterocycles. The van der Waals surface area contributed by atoms with Crippen molar-refractivity contribution >= 4 is 11.8 Å². The number of aliphatic hydroxyl groups excluding tert-OH is 1. The molecule has 2 aliphatic rings. The van der Waals surface area contributed by atoms with E-state index in [1.165, 1.54) is 0 Å². The third-order valence-electron chi connectivity index (χ3n) is 5.73. The van der Waals surface area contributed by atoms with Gasteiger partial charge in [0.1, 0.15) is 11.9 Å². The van der Waals surface area contributed by atoms with Crippen LogP contribution in [0.25, 0.3) is 0 Å². The number of hydrogen-bond donors (Lipinski definition) is 1. The predicted molar refractivity (Wildman–Crippen MR) is 111 cm³/mol. The molecule has 2 aromatic rings. The maximum Gasteiger partial charge on any atom is 0.257 e. The van der Waals surface area contributed by atoms with Crippen molar-refractivity contribution in [2.24, 2.45) is 0 Å². The first-order chi connectivity index (χ1) is 14.6. The number of carbonyl (C=O) groups is 2. The number of β-amino-alcohol motifs (C(OH)–C–C–N with tert-alkyl or cyclic N) is 1. The average molecular weight is 409 g/mol. The van der Waals surface area contributed by atoms with Crippen molar-refractivity contribution in [3.63, 3.8) is 0 Å². The Morgan fingerprint density at radius 2 is 1.77 bits per heavy atom. The summed E-state index contributed by atoms with van der Waals surface area (Å²) in [5.74, 6) is 0.453. The number of ether oxygens (including phenoxy) is 1. The van der Waals surface area contributed by atoms with Crippen molar-refractivity contribution < 1.29 is 19.4 Å². The molecule has 1 aromatic heterocycles. The Labute approximate surface area is 176 Å². The van der Waals surface area contributed by atoms with E-state index in [1.807, 2.05) is 23.1 Å². The number of piperidine rings is 2. The Morgan fingerprint density at radius 3 is 2.50 bits per heavy atom. The highest BCUT2D eigenvalue weighted by molar-refractivity contribution is 5.97. The van der Waals surface area contributed by atoms with Crippen LogP contribution >= 0.6 is 0 Å². The molecule has 7 heteroatoms. The molecule has 2 aliphatic heterocycles. The van der Waals surface area contributed by atoms with Crippen LogP contribution in [0.3, 0.4) is 0 Å². The molecule has 1 atom stereocenters. The van der Waals surface area contributed by atoms with E-state index in [0.717, 1.165) is 12.8 Å². The quantitative estimate of drug-likeness (QED) is 0.838. The Kier molecular flexibility index (Phi) is 6.28. The molecule has 0 spiro atoms. The van der Waals surface area contributed by atoms with Crippen LogP contribution in [-0.2, 0) is 0 Å². The second kappa shape index (κ2) is 9.26. The van der Waals surface area contributed by atoms with Crippen LogP contribution in [0.4, 0.5) is 0 Å². The Balaban J connectivity index is 1.38. The van der Waals surface area contributed by atoms with Gasteiger partial charge in [-0.1, -0.05) is 12.1 Å². The Bertz CT molecular complexity index is 881. The second-order valence-electron chi connectivity index (χ2n) is 7.89. The predicted octanol–water partition coefficient (Wildman–Crippen LogP) is 2.36. The van der Waals surface area contributed by atoms with E-state index in [-0.39, 0.29) is 17.9 Å². The summed E-state index contributed by atoms with van der Waals surface area (Å²) < 4.78 is 6.20. The number of aromatic nitrogens is 1. The maximum atomic E-state index is 13.0. The molecule has 0 unspecified atom stereocenters. The first-order valence-corrected chi connectivity index (χ1v) is 10.5. The number of para-hydroxylation sites is 1. The highest BCUT2D eigenvalue weighted by atomic mass is 16.5. The summed E-state index contributed by atoms with van der Waals surface area (Å²) in [6, 6.07) is 10.8. The van der Waals surface area contributed by atoms with E-state index in [0.29, 0.717) is 55.9 Å². The monoisotopic (exact) mass is 409 g/mol. The Hall–Kier alpha value is -2.93. The molecule has 0 aliphatic carbocycles. The van der Waals surface area contributed by atoms with Crippen molar-refractivity contribution in [3.8, 4) is 5.75 Å². The summed E-state index contributed by atoms with van der Waals surface area (Å²) in [6.07, 6.45) is 5.68. The second-order valence-corrected chi connectivity index (χ2v) is 7.89. The zero-order valence-corrected chi connectivity index (χ0v) is 16.9. The molecule has 30 heavy (non-hydrogen) atoms. The molecule has 1 aromatic carbocycles. The molecular formula is C23H27N3O4. The summed E-state index contributed by atoms with van der Waals surface area (Å²) in [6.45, 7) is 2.22. The van der Waals surface area contributed by atoms with Crippen molar-refractivity contribution in [2.75, 3.05) is 26.2 Å². The van der Waals surface area contributed by atoms with Crippen LogP contribution in [0, 0.1) is 0 Å². The fourth-order valence-electron chi connectivity index (χ4n) is 4.08. The SMILES string of the molecule is O=C(c1cccnc1)N1CCC(Oc2ccccc2C(=O)N2CCC[C@H](O)C2)CC1. The van der Waals surface area contributed by atoms with E-state index in [1.54, 1.807) is 35.5 Å². The average Bonchev–Trinajstić information content (AvgIpc) is 2.79. The van der Waals surface area contributed by atoms with E-state index < -0.39 is 6.10 Å². The van der Waals surface area contributed by atoms with Crippen LogP contribution in [0.15, 0.2) is 48.8 Å². The molecule has 158 valence electrons. The van der Waals surface area contributed by atoms with Gasteiger partial charge in [-0.25, -0.2) is 0 Å². The van der Waals surface area contributed by atoms with Gasteiger partial charge in [0.15, 0.2) is 0 Å². The number of rotatable bonds is 4. The molecule has 2 fully saturated rings. The number of carbonyl (C=O) groups excluding carboxylic acids is 2. The first-order valence-electron chi connectivity index (χ1n) is 10.5. The van der Waals surface area contributed by atoms with Gasteiger partial charge in [-0.15, -0.1) is 0 Å². The summed E-state index contributed by atoms with van der Waals surface area (Å²) >= 11 is 0. The highest BCUT2D eigenvalue weighted by Gasteiger charge is 2.28. The van der Waals surface area contributed by atoms with Crippen molar-refractivity contribution in [3.05, 3.63) is 59.9 Å². The van der Waals surface area contributed by atoms with Crippen LogP contribution in [-0.4, -0.2) is 70.1 Å². The molecular weight excluding hydrogens is 382 g/mol. The van der Waals surface area contributed by atoms with Gasteiger partial charge in [0.25, 0.3) is 11.8 Å². The van der Waals surface area contributed by atoms with Gasteiger partial charge in [0.2, 0.25) is 0 Å². The summed E-state index contributed by atoms with van der Waals surface area (Å²) in [4.78, 5) is 33.1. The molecule has 2 saturated heterocycles. The van der Waals surface area contributed by atoms with E-state index in [4.69, 9.17) is 4.74 Å². The fraction of sp³-hybridized carbons (Fsp3) is 0.435. The minimum absolute atomic E-state index is 0.0132. The van der Waals surface area contributed by atoms with E-state index >= 15 is 0 Å². The number of pyridine rings is 1. The summed E-state index contributed by atoms with van der Waals surface area (Å²) in [7, 11) is 0. The molecule has 4 rings (SSSR count). The number of nitrogens with zero attached hydrogens (tertiary/aromatic N) is 3. The first kappa shape index (κ1) is 20.3. The zero-order valence-electron chi connectivity index (χ0n) is 16.9. The van der Waals surface area contributed by atoms with Crippen molar-refractivity contribution in [2.45, 2.75) is 37.9 Å². The van der Waals surface area contributed by atoms with E-state index in [2.05, 4.69) is 4.98 Å². The van der Waals surface area contributed by atoms with Crippen molar-refractivity contribution in [1.29, 1.82) is 0 Å². The van der Waals surface area contributed by atoms with Crippen LogP contribution < -0.4 is 4.74 Å². The van der Waals surface area contributed by atoms with Gasteiger partial charge < -0.3 is 19.6 Å². The van der Waals surface area contributed by atoms with Gasteiger partial charge in [0.05, 0.1) is 17.2 Å². The minimum atomic E-state index is -0.461. The van der Waals surface area contributed by atoms with E-state index in [9.17, 15) is 14.7 Å². The lowest BCUT2D eigenvalue weighted by Gasteiger charge is -2.33. The summed E-state index contributed by atoms with van der Waals surface area (Å²) in [5.41, 5.74) is 1.12. The molecule has 7 nitrogen and oxygen atoms in total. The number of amides is 2. The maximum absolute atomic E-state index is 13.0. The molecule has 0 radical (unpaired) electrons. The standard InChI is InChI=1S/C23H27N3O4/c27-18-6-4-12-26(16-18)23(29)20-7-1-2-8-21(20)30-19-9-13-25(14-10-19)22(28)17-5-3-11-24-15-17/h1-3,5,7-8,11,15,18-19,27H,4,6,9-10,12-14,16H2/t18-/m0/s1. The number of likely N-dealkylation sites (tertiary alicyclic amines) is 2. The number of aliphatic hydroxyl groups is 1. The van der Waals surface area contributed by atoms with Crippen LogP contribution in [0.1, 0.15) is 46.4 Å². The zero-order chi connectivity index (χ0) is 20.9. The Morgan fingerprint density at radius 1 is 0.967 bits per heavy atom. The lowest BCUT2D eigenvalue weighted by Crippen LogP contribution is -2.43. The van der Waals surface area contributed by atoms with Gasteiger partial charge in [-0.05, 0) is 37.1 Å². The summed E-state index contributed by atoms with van der Waals surface area (Å²) in [5, 5.41) is 9.90. The molecule has 2 amide bonds. The van der Waals surface area contributed by atoms with Crippen LogP contribution in [0.5, 0.6) is 5.75 Å². The molecule has 0 saturated carbocycles. The van der Waals surface area contributed by atoms with Gasteiger partial charge in [-0.2, -0.15) is 0 Å². The van der Waals surface area contributed by atoms with Crippen LogP contribution in [0.2, 0.25) is 0 Å². The van der Waals surface area contributed by atoms with Gasteiger partial charge in [0, 0.05) is 51.4 Å². The lowest BCUT2D eigenvalue weighted by atomic mass is 10.0. The van der Waals surface area contributed by atoms with Crippen molar-refractivity contribution in [1.82, 2.24) is 14.8 Å². The minimum Gasteiger partial charge on any atom is -0.489 e. The topological polar surface area (TPSA) is 83.0 Å². The lowest BCUT2D eigenvalue weighted by molar-refractivity contribution is 0.0462. The fourth-order valence-corrected chi connectivity index (χ4v) is 4.08. The smallest absolute Gasteiger partial charge is 0.257 e. The van der Waals surface area contributed by atoms with Gasteiger partial charge in [-0.3, -0.25) is 14.6 Å². The third-order valence-corrected chi connectivity index (χ3v) is 5.73. The van der Waals surface area contributed by atoms with Gasteiger partial charge >= 0.3 is 0 Å². The number of hydrogen-bond acceptors (Lipinski definition) is 5. The largest absolute Gasteiger partial charge is 0.489 e. The molecule has 1 N–H and O–H groups in total. The third kappa shape index (κ3) is 4.62. The molecule has 0 bridgehead atoms. The highest BCUT2D eigenvalue weighted by Crippen LogP contribution is 2.26.